The summed E-state index contributed by atoms with van der Waals surface area (Å²) < 4.78 is 93.0. The van der Waals surface area contributed by atoms with Gasteiger partial charge in [-0.1, -0.05) is 29.3 Å². The fourth-order valence-corrected chi connectivity index (χ4v) is 4.93. The first-order valence-corrected chi connectivity index (χ1v) is 13.4. The van der Waals surface area contributed by atoms with Gasteiger partial charge < -0.3 is 5.73 Å². The lowest BCUT2D eigenvalue weighted by atomic mass is 10.2. The number of hydrogen-bond donors (Lipinski definition) is 2. The Kier molecular flexibility index (Phi) is 8.43. The van der Waals surface area contributed by atoms with Crippen molar-refractivity contribution in [2.45, 2.75) is 18.3 Å². The summed E-state index contributed by atoms with van der Waals surface area (Å²) in [5, 5.41) is 16.6. The van der Waals surface area contributed by atoms with Gasteiger partial charge >= 0.3 is 11.9 Å². The van der Waals surface area contributed by atoms with E-state index < -0.39 is 60.7 Å². The maximum absolute atomic E-state index is 13.5. The van der Waals surface area contributed by atoms with Gasteiger partial charge in [0.2, 0.25) is 5.82 Å². The number of rotatable bonds is 5. The molecule has 0 amide bonds. The van der Waals surface area contributed by atoms with Crippen molar-refractivity contribution >= 4 is 56.2 Å². The van der Waals surface area contributed by atoms with E-state index in [4.69, 9.17) is 28.9 Å². The number of nitrogen functional groups attached to an aromatic ring is 1. The molecule has 3 N–H and O–H groups in total. The highest BCUT2D eigenvalue weighted by molar-refractivity contribution is 7.92. The van der Waals surface area contributed by atoms with E-state index in [1.807, 2.05) is 0 Å². The van der Waals surface area contributed by atoms with Crippen LogP contribution in [0, 0.1) is 28.7 Å². The molecular weight excluding hydrogens is 652 g/mol. The van der Waals surface area contributed by atoms with Crippen molar-refractivity contribution in [2.24, 2.45) is 0 Å². The number of nitro groups is 1. The number of nitrogens with two attached hydrogens (primary N) is 1. The van der Waals surface area contributed by atoms with Gasteiger partial charge in [-0.25, -0.2) is 23.0 Å². The van der Waals surface area contributed by atoms with Crippen molar-refractivity contribution in [3.63, 3.8) is 0 Å². The molecule has 0 unspecified atom stereocenters. The minimum atomic E-state index is -4.63. The second-order valence-electron chi connectivity index (χ2n) is 8.28. The number of alkyl halides is 3. The first-order chi connectivity index (χ1) is 20.0. The van der Waals surface area contributed by atoms with Gasteiger partial charge in [-0.3, -0.25) is 14.8 Å². The highest BCUT2D eigenvalue weighted by Crippen LogP contribution is 2.39. The summed E-state index contributed by atoms with van der Waals surface area (Å²) in [6.45, 7) is 1.70. The lowest BCUT2D eigenvalue weighted by molar-refractivity contribution is -0.383. The van der Waals surface area contributed by atoms with Gasteiger partial charge in [-0.15, -0.1) is 5.10 Å². The fraction of sp³-hybridized carbons (Fsp3) is 0.0909. The highest BCUT2D eigenvalue weighted by Gasteiger charge is 2.33. The van der Waals surface area contributed by atoms with Crippen molar-refractivity contribution in [2.75, 3.05) is 10.5 Å². The zero-order valence-electron chi connectivity index (χ0n) is 21.0. The van der Waals surface area contributed by atoms with Gasteiger partial charge in [0.1, 0.15) is 29.2 Å². The van der Waals surface area contributed by atoms with Crippen molar-refractivity contribution in [3.8, 4) is 5.69 Å². The van der Waals surface area contributed by atoms with Crippen LogP contribution in [0.5, 0.6) is 0 Å². The third kappa shape index (κ3) is 6.57. The van der Waals surface area contributed by atoms with Crippen molar-refractivity contribution in [1.82, 2.24) is 29.4 Å². The van der Waals surface area contributed by atoms with E-state index in [1.54, 1.807) is 17.7 Å². The molecule has 3 aromatic heterocycles. The quantitative estimate of drug-likeness (QED) is 0.145. The average Bonchev–Trinajstić information content (AvgIpc) is 3.50. The Balaban J connectivity index is 0.000000197. The molecule has 0 saturated carbocycles. The number of anilines is 2. The van der Waals surface area contributed by atoms with Crippen LogP contribution in [0.2, 0.25) is 10.0 Å². The number of aryl methyl sites for hydroxylation is 1. The molecule has 0 spiro atoms. The summed E-state index contributed by atoms with van der Waals surface area (Å²) in [7, 11) is -4.35. The summed E-state index contributed by atoms with van der Waals surface area (Å²) in [5.74, 6) is -2.42. The van der Waals surface area contributed by atoms with Crippen LogP contribution in [-0.2, 0) is 16.2 Å². The van der Waals surface area contributed by atoms with Crippen LogP contribution in [0.1, 0.15) is 11.3 Å². The Morgan fingerprint density at radius 3 is 2.21 bits per heavy atom. The highest BCUT2D eigenvalue weighted by atomic mass is 35.5. The molecule has 3 heterocycles. The summed E-state index contributed by atoms with van der Waals surface area (Å²) in [4.78, 5) is 17.6. The van der Waals surface area contributed by atoms with Crippen LogP contribution in [0.25, 0.3) is 11.5 Å². The van der Waals surface area contributed by atoms with Crippen molar-refractivity contribution < 1.29 is 35.3 Å². The predicted molar refractivity (Wildman–Crippen MR) is 142 cm³/mol. The molecule has 21 heteroatoms. The summed E-state index contributed by atoms with van der Waals surface area (Å²) in [5.41, 5.74) is 3.62. The smallest absolute Gasteiger partial charge is 0.378 e. The number of benzene rings is 2. The number of nitrogens with zero attached hydrogens (tertiary/aromatic N) is 7. The number of sulfonamides is 1. The molecule has 0 radical (unpaired) electrons. The van der Waals surface area contributed by atoms with Gasteiger partial charge in [0.15, 0.2) is 0 Å². The standard InChI is InChI=1S/C12H9F2N5O2S.C10H5Cl2F3N4O2/c1-7-5-6-19-11(15-7)16-12(17-19)22(20,21)18-10-8(13)3-2-4-9(10)14;11-5-1-4(10(13,14)15)2-6(12)8(5)18-9(16)7(3-17-18)19(20)21/h2-6,18H,1H3;1-3H,16H2. The summed E-state index contributed by atoms with van der Waals surface area (Å²) in [6.07, 6.45) is -2.31. The first kappa shape index (κ1) is 31.3. The molecule has 0 aliphatic carbocycles. The lowest BCUT2D eigenvalue weighted by Gasteiger charge is -2.12. The van der Waals surface area contributed by atoms with E-state index in [1.165, 1.54) is 6.20 Å². The minimum Gasteiger partial charge on any atom is -0.378 e. The fourth-order valence-electron chi connectivity index (χ4n) is 3.33. The van der Waals surface area contributed by atoms with Gasteiger partial charge in [0, 0.05) is 11.9 Å². The number of halogens is 7. The monoisotopic (exact) mass is 665 g/mol. The molecule has 2 aromatic carbocycles. The zero-order valence-corrected chi connectivity index (χ0v) is 23.3. The second kappa shape index (κ2) is 11.6. The van der Waals surface area contributed by atoms with Gasteiger partial charge in [0.05, 0.1) is 20.5 Å². The average molecular weight is 666 g/mol. The zero-order chi connectivity index (χ0) is 31.9. The molecule has 5 aromatic rings. The molecule has 0 saturated heterocycles. The van der Waals surface area contributed by atoms with E-state index in [2.05, 4.69) is 20.2 Å². The molecule has 13 nitrogen and oxygen atoms in total. The lowest BCUT2D eigenvalue weighted by Crippen LogP contribution is -2.16. The maximum atomic E-state index is 13.5. The third-order valence-corrected chi connectivity index (χ3v) is 7.01. The van der Waals surface area contributed by atoms with Crippen LogP contribution < -0.4 is 10.5 Å². The van der Waals surface area contributed by atoms with Crippen molar-refractivity contribution in [3.05, 3.63) is 91.8 Å². The molecule has 43 heavy (non-hydrogen) atoms. The number of aromatic nitrogens is 6. The molecule has 0 atom stereocenters. The molecule has 0 fully saturated rings. The van der Waals surface area contributed by atoms with Crippen LogP contribution in [0.4, 0.5) is 39.1 Å². The molecule has 0 aliphatic rings. The van der Waals surface area contributed by atoms with E-state index in [0.717, 1.165) is 33.6 Å². The third-order valence-electron chi connectivity index (χ3n) is 5.31. The van der Waals surface area contributed by atoms with E-state index in [9.17, 15) is 40.5 Å². The Labute approximate surface area is 246 Å². The van der Waals surface area contributed by atoms with Gasteiger partial charge in [-0.2, -0.15) is 31.7 Å². The summed E-state index contributed by atoms with van der Waals surface area (Å²) in [6, 6.07) is 5.87. The van der Waals surface area contributed by atoms with Crippen molar-refractivity contribution in [1.29, 1.82) is 0 Å². The second-order valence-corrected chi connectivity index (χ2v) is 10.7. The van der Waals surface area contributed by atoms with Gasteiger partial charge in [0.25, 0.3) is 21.0 Å². The van der Waals surface area contributed by atoms with Crippen LogP contribution in [0.3, 0.4) is 0 Å². The molecular formula is C22H14Cl2F5N9O4S. The normalized spacial score (nSPS) is 11.7. The molecule has 5 rings (SSSR count). The Hall–Kier alpha value is -4.62. The summed E-state index contributed by atoms with van der Waals surface area (Å²) >= 11 is 11.5. The predicted octanol–water partition coefficient (Wildman–Crippen LogP) is 5.20. The van der Waals surface area contributed by atoms with Crippen LogP contribution >= 0.6 is 23.2 Å². The Morgan fingerprint density at radius 2 is 1.67 bits per heavy atom. The van der Waals surface area contributed by atoms with E-state index in [-0.39, 0.29) is 21.5 Å². The topological polar surface area (TPSA) is 176 Å². The van der Waals surface area contributed by atoms with E-state index >= 15 is 0 Å². The Morgan fingerprint density at radius 1 is 1.07 bits per heavy atom. The largest absolute Gasteiger partial charge is 0.416 e. The molecule has 226 valence electrons. The number of fused-ring (bicyclic) bond motifs is 1. The molecule has 0 aliphatic heterocycles. The Bertz CT molecular complexity index is 1940. The van der Waals surface area contributed by atoms with E-state index in [0.29, 0.717) is 17.8 Å². The number of hydrogen-bond acceptors (Lipinski definition) is 9. The van der Waals surface area contributed by atoms with Crippen LogP contribution in [0.15, 0.2) is 53.9 Å². The minimum absolute atomic E-state index is 0.0642. The van der Waals surface area contributed by atoms with Gasteiger partial charge in [-0.05, 0) is 37.3 Å². The first-order valence-electron chi connectivity index (χ1n) is 11.2. The number of para-hydroxylation sites is 1. The SMILES string of the molecule is Cc1ccn2nc(S(=O)(=O)Nc3c(F)cccc3F)nc2n1.Nc1c([N+](=O)[O-])cnn1-c1c(Cl)cc(C(F)(F)F)cc1Cl. The number of nitrogens with one attached hydrogen (secondary N) is 1. The molecule has 0 bridgehead atoms. The van der Waals surface area contributed by atoms with Crippen LogP contribution in [-0.4, -0.2) is 42.7 Å². The maximum Gasteiger partial charge on any atom is 0.416 e.